The van der Waals surface area contributed by atoms with Gasteiger partial charge < -0.3 is 41.5 Å². The summed E-state index contributed by atoms with van der Waals surface area (Å²) < 4.78 is 4.78. The molecule has 0 aliphatic carbocycles. The van der Waals surface area contributed by atoms with Gasteiger partial charge in [0.15, 0.2) is 6.29 Å². The Bertz CT molecular complexity index is 259. The van der Waals surface area contributed by atoms with E-state index in [-0.39, 0.29) is 0 Å². The maximum Gasteiger partial charge on any atom is 0.228 e. The number of nitrogens with two attached hydrogens (primary N) is 2. The van der Waals surface area contributed by atoms with E-state index < -0.39 is 43.3 Å². The van der Waals surface area contributed by atoms with Crippen LogP contribution in [0.3, 0.4) is 0 Å². The topological polar surface area (TPSA) is 164 Å². The molecule has 8 N–H and O–H groups in total. The van der Waals surface area contributed by atoms with Gasteiger partial charge in [-0.05, 0) is 5.16 Å². The number of rotatable bonds is 3. The van der Waals surface area contributed by atoms with Crippen LogP contribution >= 0.6 is 0 Å². The quantitative estimate of drug-likeness (QED) is 0.164. The summed E-state index contributed by atoms with van der Waals surface area (Å²) in [5.74, 6) is -0.404. The second-order valence-electron chi connectivity index (χ2n) is 3.32. The summed E-state index contributed by atoms with van der Waals surface area (Å²) in [6.45, 7) is -0.551. The first-order chi connectivity index (χ1) is 7.47. The number of aliphatic hydroxyl groups is 4. The Labute approximate surface area is 90.9 Å². The molecule has 0 saturated carbocycles. The predicted molar refractivity (Wildman–Crippen MR) is 50.7 cm³/mol. The number of hydrogen-bond acceptors (Lipinski definition) is 7. The largest absolute Gasteiger partial charge is 0.394 e. The first-order valence-corrected chi connectivity index (χ1v) is 4.52. The van der Waals surface area contributed by atoms with Crippen molar-refractivity contribution in [3.63, 3.8) is 0 Å². The molecule has 0 spiro atoms. The van der Waals surface area contributed by atoms with Gasteiger partial charge in [-0.1, -0.05) is 0 Å². The molecule has 0 aromatic rings. The highest BCUT2D eigenvalue weighted by molar-refractivity contribution is 5.74. The zero-order chi connectivity index (χ0) is 12.3. The minimum Gasteiger partial charge on any atom is -0.394 e. The third-order valence-corrected chi connectivity index (χ3v) is 2.12. The maximum absolute atomic E-state index is 9.55. The van der Waals surface area contributed by atoms with Crippen LogP contribution in [0, 0.1) is 0 Å². The molecule has 1 rings (SSSR count). The minimum atomic E-state index is -1.56. The lowest BCUT2D eigenvalue weighted by atomic mass is 9.99. The second-order valence-corrected chi connectivity index (χ2v) is 3.32. The van der Waals surface area contributed by atoms with E-state index in [9.17, 15) is 15.3 Å². The summed E-state index contributed by atoms with van der Waals surface area (Å²) >= 11 is 0. The molecule has 1 saturated heterocycles. The fourth-order valence-corrected chi connectivity index (χ4v) is 1.31. The van der Waals surface area contributed by atoms with Gasteiger partial charge in [0.05, 0.1) is 6.61 Å². The number of oxime groups is 1. The molecule has 94 valence electrons. The van der Waals surface area contributed by atoms with Gasteiger partial charge in [-0.3, -0.25) is 0 Å². The Kier molecular flexibility index (Phi) is 4.26. The first kappa shape index (κ1) is 12.9. The van der Waals surface area contributed by atoms with E-state index in [0.717, 1.165) is 0 Å². The standard InChI is InChI=1S/C7H15N3O6/c8-7(9)10-16-5-4(13)3(12)2(1-11)15-6(5)14/h2-6,11-14H,1H2,(H4,8,9,10)/t2-,3-,4+,5+,6+/m1/s1. The van der Waals surface area contributed by atoms with Crippen LogP contribution in [0.1, 0.15) is 0 Å². The van der Waals surface area contributed by atoms with E-state index in [1.807, 2.05) is 0 Å². The molecule has 16 heavy (non-hydrogen) atoms. The van der Waals surface area contributed by atoms with E-state index in [1.54, 1.807) is 0 Å². The predicted octanol–water partition coefficient (Wildman–Crippen LogP) is -4.01. The highest BCUT2D eigenvalue weighted by Crippen LogP contribution is 2.22. The van der Waals surface area contributed by atoms with Crippen LogP contribution in [-0.4, -0.2) is 63.7 Å². The van der Waals surface area contributed by atoms with Crippen molar-refractivity contribution < 1.29 is 30.0 Å². The summed E-state index contributed by atoms with van der Waals surface area (Å²) in [5.41, 5.74) is 9.97. The monoisotopic (exact) mass is 237 g/mol. The average Bonchev–Trinajstić information content (AvgIpc) is 2.22. The van der Waals surface area contributed by atoms with Crippen LogP contribution in [0.4, 0.5) is 0 Å². The van der Waals surface area contributed by atoms with Gasteiger partial charge >= 0.3 is 0 Å². The van der Waals surface area contributed by atoms with Gasteiger partial charge in [-0.2, -0.15) is 0 Å². The molecule has 1 heterocycles. The molecule has 0 aromatic heterocycles. The maximum atomic E-state index is 9.55. The SMILES string of the molecule is NC(N)=NO[C@H]1[C@@H](O)[C@H](O)[C@@H](CO)O[C@@H]1O. The van der Waals surface area contributed by atoms with Crippen LogP contribution in [0.5, 0.6) is 0 Å². The van der Waals surface area contributed by atoms with E-state index in [1.165, 1.54) is 0 Å². The molecule has 5 atom stereocenters. The summed E-state index contributed by atoms with van der Waals surface area (Å²) in [6.07, 6.45) is -6.88. The summed E-state index contributed by atoms with van der Waals surface area (Å²) in [6, 6.07) is 0. The Balaban J connectivity index is 2.68. The van der Waals surface area contributed by atoms with Gasteiger partial charge in [0.2, 0.25) is 12.1 Å². The molecule has 0 aromatic carbocycles. The normalized spacial score (nSPS) is 39.1. The highest BCUT2D eigenvalue weighted by atomic mass is 16.7. The molecular formula is C7H15N3O6. The first-order valence-electron chi connectivity index (χ1n) is 4.52. The number of guanidine groups is 1. The van der Waals surface area contributed by atoms with Gasteiger partial charge in [-0.15, -0.1) is 0 Å². The summed E-state index contributed by atoms with van der Waals surface area (Å²) in [4.78, 5) is 4.60. The Morgan fingerprint density at radius 3 is 2.38 bits per heavy atom. The molecule has 0 radical (unpaired) electrons. The zero-order valence-electron chi connectivity index (χ0n) is 8.30. The summed E-state index contributed by atoms with van der Waals surface area (Å²) in [7, 11) is 0. The lowest BCUT2D eigenvalue weighted by Crippen LogP contribution is -2.59. The van der Waals surface area contributed by atoms with Gasteiger partial charge in [0, 0.05) is 0 Å². The fraction of sp³-hybridized carbons (Fsp3) is 0.857. The summed E-state index contributed by atoms with van der Waals surface area (Å²) in [5, 5.41) is 40.3. The molecular weight excluding hydrogens is 222 g/mol. The Morgan fingerprint density at radius 2 is 1.88 bits per heavy atom. The lowest BCUT2D eigenvalue weighted by molar-refractivity contribution is -0.296. The van der Waals surface area contributed by atoms with Crippen LogP contribution in [0.25, 0.3) is 0 Å². The van der Waals surface area contributed by atoms with Crippen molar-refractivity contribution in [1.29, 1.82) is 0 Å². The van der Waals surface area contributed by atoms with Crippen LogP contribution in [0.15, 0.2) is 5.16 Å². The van der Waals surface area contributed by atoms with Crippen molar-refractivity contribution in [3.05, 3.63) is 0 Å². The van der Waals surface area contributed by atoms with Crippen molar-refractivity contribution in [2.45, 2.75) is 30.7 Å². The molecule has 1 fully saturated rings. The van der Waals surface area contributed by atoms with E-state index >= 15 is 0 Å². The number of aliphatic hydroxyl groups excluding tert-OH is 4. The van der Waals surface area contributed by atoms with Crippen LogP contribution < -0.4 is 11.5 Å². The lowest BCUT2D eigenvalue weighted by Gasteiger charge is -2.38. The van der Waals surface area contributed by atoms with Crippen molar-refractivity contribution in [2.75, 3.05) is 6.61 Å². The van der Waals surface area contributed by atoms with Crippen molar-refractivity contribution in [1.82, 2.24) is 0 Å². The van der Waals surface area contributed by atoms with Gasteiger partial charge in [-0.25, -0.2) is 0 Å². The molecule has 9 heteroatoms. The van der Waals surface area contributed by atoms with Crippen LogP contribution in [-0.2, 0) is 9.57 Å². The third-order valence-electron chi connectivity index (χ3n) is 2.12. The molecule has 9 nitrogen and oxygen atoms in total. The average molecular weight is 237 g/mol. The van der Waals surface area contributed by atoms with Gasteiger partial charge in [0.25, 0.3) is 0 Å². The Morgan fingerprint density at radius 1 is 1.25 bits per heavy atom. The second kappa shape index (κ2) is 5.27. The molecule has 0 unspecified atom stereocenters. The molecule has 1 aliphatic heterocycles. The highest BCUT2D eigenvalue weighted by Gasteiger charge is 2.45. The number of nitrogens with zero attached hydrogens (tertiary/aromatic N) is 1. The fourth-order valence-electron chi connectivity index (χ4n) is 1.31. The van der Waals surface area contributed by atoms with E-state index in [4.69, 9.17) is 21.3 Å². The van der Waals surface area contributed by atoms with E-state index in [2.05, 4.69) is 9.99 Å². The molecule has 0 bridgehead atoms. The van der Waals surface area contributed by atoms with Crippen molar-refractivity contribution >= 4 is 5.96 Å². The van der Waals surface area contributed by atoms with Crippen molar-refractivity contribution in [2.24, 2.45) is 16.6 Å². The number of ether oxygens (including phenoxy) is 1. The number of hydrogen-bond donors (Lipinski definition) is 6. The molecule has 0 amide bonds. The third kappa shape index (κ3) is 2.71. The smallest absolute Gasteiger partial charge is 0.228 e. The van der Waals surface area contributed by atoms with E-state index in [0.29, 0.717) is 0 Å². The minimum absolute atomic E-state index is 0.404. The molecule has 1 aliphatic rings. The zero-order valence-corrected chi connectivity index (χ0v) is 8.30. The Hall–Kier alpha value is -1.13. The van der Waals surface area contributed by atoms with Gasteiger partial charge in [0.1, 0.15) is 18.3 Å². The van der Waals surface area contributed by atoms with Crippen LogP contribution in [0.2, 0.25) is 0 Å². The van der Waals surface area contributed by atoms with Crippen molar-refractivity contribution in [3.8, 4) is 0 Å².